The zero-order chi connectivity index (χ0) is 23.7. The van der Waals surface area contributed by atoms with Gasteiger partial charge in [-0.2, -0.15) is 4.39 Å². The van der Waals surface area contributed by atoms with Gasteiger partial charge in [0.1, 0.15) is 18.2 Å². The fourth-order valence-electron chi connectivity index (χ4n) is 4.40. The summed E-state index contributed by atoms with van der Waals surface area (Å²) >= 11 is 5.92. The van der Waals surface area contributed by atoms with Gasteiger partial charge in [-0.25, -0.2) is 14.4 Å². The van der Waals surface area contributed by atoms with Gasteiger partial charge in [0.05, 0.1) is 12.2 Å². The number of nitrogens with zero attached hydrogens (tertiary/aromatic N) is 4. The number of rotatable bonds is 4. The van der Waals surface area contributed by atoms with E-state index in [2.05, 4.69) is 15.3 Å². The number of carbonyl (C=O) groups is 1. The molecule has 0 radical (unpaired) electrons. The Hall–Kier alpha value is -2.76. The van der Waals surface area contributed by atoms with Crippen molar-refractivity contribution in [3.05, 3.63) is 41.2 Å². The predicted octanol–water partition coefficient (Wildman–Crippen LogP) is 1.39. The van der Waals surface area contributed by atoms with Gasteiger partial charge in [0.2, 0.25) is 11.7 Å². The highest BCUT2D eigenvalue weighted by Gasteiger charge is 2.40. The maximum absolute atomic E-state index is 14.5. The van der Waals surface area contributed by atoms with Crippen LogP contribution in [0.2, 0.25) is 5.02 Å². The van der Waals surface area contributed by atoms with E-state index in [-0.39, 0.29) is 53.8 Å². The molecule has 9 nitrogen and oxygen atoms in total. The van der Waals surface area contributed by atoms with Crippen molar-refractivity contribution >= 4 is 34.8 Å². The zero-order valence-electron chi connectivity index (χ0n) is 17.7. The molecule has 1 aromatic carbocycles. The van der Waals surface area contributed by atoms with Crippen molar-refractivity contribution in [2.45, 2.75) is 43.6 Å². The fourth-order valence-corrected chi connectivity index (χ4v) is 4.62. The third-order valence-electron chi connectivity index (χ3n) is 6.02. The first-order valence-corrected chi connectivity index (χ1v) is 11.0. The monoisotopic (exact) mass is 482 g/mol. The average Bonchev–Trinajstić information content (AvgIpc) is 2.87. The number of aliphatic hydroxyl groups is 2. The van der Waals surface area contributed by atoms with Gasteiger partial charge in [0, 0.05) is 42.8 Å². The Kier molecular flexibility index (Phi) is 6.82. The lowest BCUT2D eigenvalue weighted by Gasteiger charge is -2.40. The lowest BCUT2D eigenvalue weighted by molar-refractivity contribution is -0.135. The summed E-state index contributed by atoms with van der Waals surface area (Å²) in [5.74, 6) is -1.86. The first-order chi connectivity index (χ1) is 15.7. The van der Waals surface area contributed by atoms with Crippen LogP contribution >= 0.6 is 11.6 Å². The molecule has 0 saturated carbocycles. The van der Waals surface area contributed by atoms with Gasteiger partial charge in [0.25, 0.3) is 0 Å². The number of hydrogen-bond donors (Lipinski definition) is 4. The minimum Gasteiger partial charge on any atom is -0.390 e. The molecule has 2 aliphatic heterocycles. The summed E-state index contributed by atoms with van der Waals surface area (Å²) in [5.41, 5.74) is 5.85. The molecule has 4 atom stereocenters. The standard InChI is InChI=1S/C21H25ClF2N6O3/c22-11-4-12(23)6-13(5-11)28-15-7-16(31)17(32)9-30(21(15)33)14-2-1-3-29(8-14)20-18(24)19(25)26-10-27-20/h4-6,10,14-17,28,31-32H,1-3,7-9H2,(H2,25,26,27)/t14-,15-,16?,17?/m1/s1. The van der Waals surface area contributed by atoms with E-state index in [0.29, 0.717) is 19.4 Å². The van der Waals surface area contributed by atoms with Crippen molar-refractivity contribution in [3.63, 3.8) is 0 Å². The predicted molar refractivity (Wildman–Crippen MR) is 119 cm³/mol. The van der Waals surface area contributed by atoms with E-state index in [0.717, 1.165) is 6.07 Å². The Bertz CT molecular complexity index is 1010. The summed E-state index contributed by atoms with van der Waals surface area (Å²) in [6.45, 7) is 0.690. The lowest BCUT2D eigenvalue weighted by Crippen LogP contribution is -2.54. The molecule has 12 heteroatoms. The molecule has 33 heavy (non-hydrogen) atoms. The van der Waals surface area contributed by atoms with Crippen LogP contribution in [0.1, 0.15) is 19.3 Å². The molecule has 2 fully saturated rings. The van der Waals surface area contributed by atoms with Crippen LogP contribution in [0, 0.1) is 11.6 Å². The van der Waals surface area contributed by atoms with Crippen LogP contribution < -0.4 is 16.0 Å². The number of anilines is 3. The molecule has 2 aliphatic rings. The first kappa shape index (κ1) is 23.4. The molecule has 1 aromatic heterocycles. The third-order valence-corrected chi connectivity index (χ3v) is 6.24. The molecule has 0 bridgehead atoms. The number of halogens is 3. The minimum absolute atomic E-state index is 0.0548. The number of piperidine rings is 1. The summed E-state index contributed by atoms with van der Waals surface area (Å²) < 4.78 is 28.2. The highest BCUT2D eigenvalue weighted by molar-refractivity contribution is 6.30. The Morgan fingerprint density at radius 1 is 1.15 bits per heavy atom. The van der Waals surface area contributed by atoms with E-state index in [1.54, 1.807) is 4.90 Å². The summed E-state index contributed by atoms with van der Waals surface area (Å²) in [6.07, 6.45) is 0.0363. The molecule has 2 saturated heterocycles. The lowest BCUT2D eigenvalue weighted by atomic mass is 10.0. The summed E-state index contributed by atoms with van der Waals surface area (Å²) in [7, 11) is 0. The third kappa shape index (κ3) is 5.10. The van der Waals surface area contributed by atoms with E-state index in [4.69, 9.17) is 17.3 Å². The van der Waals surface area contributed by atoms with Gasteiger partial charge in [-0.1, -0.05) is 11.6 Å². The molecule has 0 spiro atoms. The Morgan fingerprint density at radius 3 is 2.70 bits per heavy atom. The molecule has 4 rings (SSSR count). The van der Waals surface area contributed by atoms with Crippen molar-refractivity contribution in [3.8, 4) is 0 Å². The normalized spacial score (nSPS) is 26.3. The number of nitrogens with two attached hydrogens (primary N) is 1. The molecule has 2 aromatic rings. The Morgan fingerprint density at radius 2 is 1.94 bits per heavy atom. The molecule has 5 N–H and O–H groups in total. The van der Waals surface area contributed by atoms with Crippen molar-refractivity contribution in [2.24, 2.45) is 0 Å². The van der Waals surface area contributed by atoms with Gasteiger partial charge in [-0.15, -0.1) is 0 Å². The number of benzene rings is 1. The number of aliphatic hydroxyl groups excluding tert-OH is 2. The van der Waals surface area contributed by atoms with Crippen molar-refractivity contribution in [1.29, 1.82) is 0 Å². The Balaban J connectivity index is 1.57. The minimum atomic E-state index is -1.17. The van der Waals surface area contributed by atoms with Gasteiger partial charge in [-0.3, -0.25) is 4.79 Å². The van der Waals surface area contributed by atoms with E-state index in [9.17, 15) is 23.8 Å². The van der Waals surface area contributed by atoms with Crippen LogP contribution in [0.4, 0.5) is 26.1 Å². The van der Waals surface area contributed by atoms with Crippen LogP contribution in [-0.4, -0.2) is 74.9 Å². The second-order valence-electron chi connectivity index (χ2n) is 8.35. The highest BCUT2D eigenvalue weighted by atomic mass is 35.5. The van der Waals surface area contributed by atoms with Gasteiger partial charge >= 0.3 is 0 Å². The number of likely N-dealkylation sites (tertiary alicyclic amines) is 1. The van der Waals surface area contributed by atoms with Gasteiger partial charge in [0.15, 0.2) is 11.6 Å². The number of nitrogens with one attached hydrogen (secondary N) is 1. The molecular formula is C21H25ClF2N6O3. The number of aromatic nitrogens is 2. The molecular weight excluding hydrogens is 458 g/mol. The Labute approximate surface area is 194 Å². The largest absolute Gasteiger partial charge is 0.390 e. The topological polar surface area (TPSA) is 128 Å². The molecule has 1 amide bonds. The second-order valence-corrected chi connectivity index (χ2v) is 8.79. The van der Waals surface area contributed by atoms with Crippen LogP contribution in [-0.2, 0) is 4.79 Å². The first-order valence-electron chi connectivity index (χ1n) is 10.6. The van der Waals surface area contributed by atoms with Crippen LogP contribution in [0.15, 0.2) is 24.5 Å². The highest BCUT2D eigenvalue weighted by Crippen LogP contribution is 2.28. The van der Waals surface area contributed by atoms with Crippen LogP contribution in [0.25, 0.3) is 0 Å². The van der Waals surface area contributed by atoms with Gasteiger partial charge < -0.3 is 31.1 Å². The second kappa shape index (κ2) is 9.62. The van der Waals surface area contributed by atoms with Crippen molar-refractivity contribution in [2.75, 3.05) is 35.6 Å². The smallest absolute Gasteiger partial charge is 0.245 e. The number of carbonyl (C=O) groups excluding carboxylic acids is 1. The quantitative estimate of drug-likeness (QED) is 0.515. The fraction of sp³-hybridized carbons (Fsp3) is 0.476. The number of β-amino-alcohol motifs (C(OH)–C–C–N with tert-alkyl or cyclic N) is 1. The summed E-state index contributed by atoms with van der Waals surface area (Å²) in [4.78, 5) is 24.3. The maximum atomic E-state index is 14.5. The van der Waals surface area contributed by atoms with E-state index in [1.807, 2.05) is 0 Å². The van der Waals surface area contributed by atoms with Crippen molar-refractivity contribution in [1.82, 2.24) is 14.9 Å². The summed E-state index contributed by atoms with van der Waals surface area (Å²) in [5, 5.41) is 23.9. The average molecular weight is 483 g/mol. The van der Waals surface area contributed by atoms with Crippen LogP contribution in [0.3, 0.4) is 0 Å². The molecule has 178 valence electrons. The number of amides is 1. The van der Waals surface area contributed by atoms with E-state index in [1.165, 1.54) is 23.4 Å². The van der Waals surface area contributed by atoms with E-state index < -0.39 is 29.9 Å². The SMILES string of the molecule is Nc1ncnc(N2CCC[C@@H](N3CC(O)C(O)C[C@@H](Nc4cc(F)cc(Cl)c4)C3=O)C2)c1F. The van der Waals surface area contributed by atoms with E-state index >= 15 is 0 Å². The number of nitrogen functional groups attached to an aromatic ring is 1. The van der Waals surface area contributed by atoms with Gasteiger partial charge in [-0.05, 0) is 31.0 Å². The van der Waals surface area contributed by atoms with Crippen LogP contribution in [0.5, 0.6) is 0 Å². The maximum Gasteiger partial charge on any atom is 0.245 e. The molecule has 3 heterocycles. The van der Waals surface area contributed by atoms with Crippen molar-refractivity contribution < 1.29 is 23.8 Å². The molecule has 2 unspecified atom stereocenters. The zero-order valence-corrected chi connectivity index (χ0v) is 18.4. The molecule has 0 aliphatic carbocycles. The summed E-state index contributed by atoms with van der Waals surface area (Å²) in [6, 6.07) is 2.52. The number of hydrogen-bond acceptors (Lipinski definition) is 8.